The lowest BCUT2D eigenvalue weighted by Crippen LogP contribution is -2.68. The Hall–Kier alpha value is -5.32. The van der Waals surface area contributed by atoms with Crippen molar-refractivity contribution in [1.82, 2.24) is 0 Å². The van der Waals surface area contributed by atoms with Gasteiger partial charge in [0.1, 0.15) is 36.6 Å². The minimum atomic E-state index is -4.95. The number of aryl methyl sites for hydroxylation is 4. The van der Waals surface area contributed by atoms with Crippen LogP contribution in [0.3, 0.4) is 0 Å². The average Bonchev–Trinajstić information content (AvgIpc) is 3.43. The van der Waals surface area contributed by atoms with Crippen LogP contribution in [0.1, 0.15) is 46.0 Å². The summed E-state index contributed by atoms with van der Waals surface area (Å²) in [6.07, 6.45) is -20.6. The fourth-order valence-electron chi connectivity index (χ4n) is 9.06. The molecule has 0 amide bonds. The van der Waals surface area contributed by atoms with Crippen molar-refractivity contribution < 1.29 is 83.6 Å². The van der Waals surface area contributed by atoms with Crippen LogP contribution >= 0.6 is 0 Å². The molecule has 6 aromatic rings. The largest absolute Gasteiger partial charge is 0.346 e. The second kappa shape index (κ2) is 22.4. The quantitative estimate of drug-likeness (QED) is 0.0886. The van der Waals surface area contributed by atoms with Gasteiger partial charge < -0.3 is 33.2 Å². The maximum absolute atomic E-state index is 14.6. The van der Waals surface area contributed by atoms with Gasteiger partial charge in [-0.3, -0.25) is 16.7 Å². The first-order chi connectivity index (χ1) is 36.7. The van der Waals surface area contributed by atoms with Crippen LogP contribution in [0, 0.1) is 27.7 Å². The predicted molar refractivity (Wildman–Crippen MR) is 271 cm³/mol. The molecule has 4 heterocycles. The van der Waals surface area contributed by atoms with Gasteiger partial charge in [-0.15, -0.1) is 0 Å². The minimum Gasteiger partial charge on any atom is -0.346 e. The highest BCUT2D eigenvalue weighted by Gasteiger charge is 2.60. The molecule has 19 nitrogen and oxygen atoms in total. The lowest BCUT2D eigenvalue weighted by Gasteiger charge is -2.51. The van der Waals surface area contributed by atoms with Gasteiger partial charge in [0.15, 0.2) is 37.4 Å². The van der Waals surface area contributed by atoms with E-state index in [1.807, 2.05) is 0 Å². The number of hydrogen-bond donors (Lipinski definition) is 0. The van der Waals surface area contributed by atoms with Gasteiger partial charge in [-0.25, -0.2) is 0 Å². The number of hydrogen-bond acceptors (Lipinski definition) is 19. The Bertz CT molecular complexity index is 3230. The normalized spacial score (nSPS) is 28.0. The third kappa shape index (κ3) is 12.3. The average molecular weight is 1140 g/mol. The zero-order valence-electron chi connectivity index (χ0n) is 41.7. The highest BCUT2D eigenvalue weighted by molar-refractivity contribution is 7.87. The third-order valence-corrected chi connectivity index (χ3v) is 18.5. The molecule has 0 N–H and O–H groups in total. The number of fused-ring (bicyclic) bond motifs is 2. The Morgan fingerprint density at radius 2 is 0.623 bits per heavy atom. The van der Waals surface area contributed by atoms with Crippen molar-refractivity contribution >= 4 is 40.5 Å². The van der Waals surface area contributed by atoms with E-state index >= 15 is 0 Å². The van der Waals surface area contributed by atoms with E-state index in [1.54, 1.807) is 88.4 Å². The summed E-state index contributed by atoms with van der Waals surface area (Å²) in [6.45, 7) is 6.30. The van der Waals surface area contributed by atoms with Crippen LogP contribution < -0.4 is 0 Å². The van der Waals surface area contributed by atoms with Crippen LogP contribution in [0.25, 0.3) is 0 Å². The molecular formula is C54H54O19S4. The van der Waals surface area contributed by atoms with Gasteiger partial charge in [0.2, 0.25) is 0 Å². The Balaban J connectivity index is 1.11. The van der Waals surface area contributed by atoms with Gasteiger partial charge >= 0.3 is 0 Å². The zero-order chi connectivity index (χ0) is 54.3. The van der Waals surface area contributed by atoms with Crippen LogP contribution in [-0.2, 0) is 90.4 Å². The highest BCUT2D eigenvalue weighted by atomic mass is 32.2. The minimum absolute atomic E-state index is 0.312. The molecule has 4 saturated heterocycles. The summed E-state index contributed by atoms with van der Waals surface area (Å²) in [5.41, 5.74) is 3.86. The molecular weight excluding hydrogens is 1080 g/mol. The molecule has 4 fully saturated rings. The molecule has 23 heteroatoms. The maximum atomic E-state index is 14.6. The van der Waals surface area contributed by atoms with Crippen LogP contribution in [-0.4, -0.2) is 108 Å². The summed E-state index contributed by atoms with van der Waals surface area (Å²) >= 11 is 0. The summed E-state index contributed by atoms with van der Waals surface area (Å²) in [4.78, 5) is -1.35. The summed E-state index contributed by atoms with van der Waals surface area (Å²) in [5, 5.41) is 0. The van der Waals surface area contributed by atoms with E-state index in [9.17, 15) is 33.7 Å². The van der Waals surface area contributed by atoms with Gasteiger partial charge in [0.05, 0.1) is 32.8 Å². The smallest absolute Gasteiger partial charge is 0.297 e. The van der Waals surface area contributed by atoms with Crippen molar-refractivity contribution in [2.75, 3.05) is 13.2 Å². The number of ether oxygens (including phenoxy) is 7. The maximum Gasteiger partial charge on any atom is 0.297 e. The van der Waals surface area contributed by atoms with Gasteiger partial charge in [-0.05, 0) is 76.2 Å². The van der Waals surface area contributed by atoms with Gasteiger partial charge in [-0.1, -0.05) is 131 Å². The molecule has 0 radical (unpaired) electrons. The molecule has 12 atom stereocenters. The number of benzene rings is 6. The Labute approximate surface area is 447 Å². The van der Waals surface area contributed by atoms with Crippen molar-refractivity contribution in [3.05, 3.63) is 191 Å². The van der Waals surface area contributed by atoms with E-state index in [4.69, 9.17) is 49.9 Å². The van der Waals surface area contributed by atoms with Gasteiger partial charge in [0, 0.05) is 11.1 Å². The summed E-state index contributed by atoms with van der Waals surface area (Å²) < 4.78 is 185. The second-order valence-corrected chi connectivity index (χ2v) is 25.2. The van der Waals surface area contributed by atoms with Crippen LogP contribution in [0.4, 0.5) is 0 Å². The molecule has 4 aliphatic heterocycles. The van der Waals surface area contributed by atoms with E-state index < -0.39 is 114 Å². The first-order valence-corrected chi connectivity index (χ1v) is 30.0. The third-order valence-electron chi connectivity index (χ3n) is 13.2. The molecule has 0 spiro atoms. The van der Waals surface area contributed by atoms with E-state index in [2.05, 4.69) is 0 Å². The van der Waals surface area contributed by atoms with Crippen LogP contribution in [0.2, 0.25) is 0 Å². The lowest BCUT2D eigenvalue weighted by atomic mass is 9.96. The molecule has 408 valence electrons. The van der Waals surface area contributed by atoms with Crippen molar-refractivity contribution in [3.63, 3.8) is 0 Å². The van der Waals surface area contributed by atoms with Crippen LogP contribution in [0.5, 0.6) is 0 Å². The topological polar surface area (TPSA) is 238 Å². The number of rotatable bonds is 16. The van der Waals surface area contributed by atoms with Crippen molar-refractivity contribution in [3.8, 4) is 0 Å². The Morgan fingerprint density at radius 3 is 0.909 bits per heavy atom. The molecule has 0 saturated carbocycles. The molecule has 0 aliphatic carbocycles. The predicted octanol–water partition coefficient (Wildman–Crippen LogP) is 7.01. The molecule has 6 aromatic carbocycles. The first-order valence-electron chi connectivity index (χ1n) is 24.3. The van der Waals surface area contributed by atoms with E-state index in [0.717, 1.165) is 11.1 Å². The first kappa shape index (κ1) is 55.0. The fraction of sp³-hybridized carbons (Fsp3) is 0.333. The van der Waals surface area contributed by atoms with Crippen LogP contribution in [0.15, 0.2) is 177 Å². The van der Waals surface area contributed by atoms with E-state index in [1.165, 1.54) is 97.1 Å². The molecule has 0 aromatic heterocycles. The summed E-state index contributed by atoms with van der Waals surface area (Å²) in [7, 11) is -19.6. The molecule has 10 rings (SSSR count). The standard InChI is InChI=1S/C54H54O19S4/c1-33-15-23-39(24-16-33)74(55,56)70-47-45-43(31-63-51(67-45)37-11-7-5-8-12-37)65-53(49(47)72-76(59,60)41-27-19-35(3)20-28-41)69-54-50(73-77(61,62)42-29-21-36(4)22-30-42)48(71-75(57,58)40-25-17-34(2)18-26-40)46-44(66-54)32-64-52(68-46)38-13-9-6-10-14-38/h5-30,43-54H,31-32H2,1-4H3/t43-,44-,45-,46-,47+,48+,49-,50-,51-,52-,53-,54-/m1/s1. The Morgan fingerprint density at radius 1 is 0.351 bits per heavy atom. The fourth-order valence-corrected chi connectivity index (χ4v) is 13.4. The SMILES string of the molecule is Cc1ccc(S(=O)(=O)O[C@@H]2[C@@H](OS(=O)(=O)c3ccc(C)cc3)[C@@H](O[C@H]3O[C@@H]4CO[C@@H](c5ccccc5)O[C@H]4[C@H](OS(=O)(=O)c4ccc(C)cc4)[C@H]3OS(=O)(=O)c3ccc(C)cc3)O[C@@H]3CO[C@@H](c4ccccc4)O[C@@H]23)cc1. The molecule has 4 aliphatic rings. The molecule has 77 heavy (non-hydrogen) atoms. The lowest BCUT2D eigenvalue weighted by molar-refractivity contribution is -0.404. The monoisotopic (exact) mass is 1130 g/mol. The van der Waals surface area contributed by atoms with E-state index in [0.29, 0.717) is 22.3 Å². The Kier molecular flexibility index (Phi) is 16.0. The van der Waals surface area contributed by atoms with E-state index in [-0.39, 0.29) is 32.8 Å². The summed E-state index contributed by atoms with van der Waals surface area (Å²) in [5.74, 6) is 0. The van der Waals surface area contributed by atoms with Gasteiger partial charge in [-0.2, -0.15) is 33.7 Å². The molecule has 0 unspecified atom stereocenters. The highest BCUT2D eigenvalue weighted by Crippen LogP contribution is 2.43. The van der Waals surface area contributed by atoms with Crippen molar-refractivity contribution in [2.45, 2.75) is 121 Å². The zero-order valence-corrected chi connectivity index (χ0v) is 45.0. The van der Waals surface area contributed by atoms with Crippen molar-refractivity contribution in [1.29, 1.82) is 0 Å². The molecule has 0 bridgehead atoms. The summed E-state index contributed by atoms with van der Waals surface area (Å²) in [6, 6.07) is 39.8. The van der Waals surface area contributed by atoms with Crippen molar-refractivity contribution in [2.24, 2.45) is 0 Å². The van der Waals surface area contributed by atoms with Gasteiger partial charge in [0.25, 0.3) is 40.5 Å². The second-order valence-electron chi connectivity index (χ2n) is 18.9.